The second kappa shape index (κ2) is 20.4. The summed E-state index contributed by atoms with van der Waals surface area (Å²) in [5.74, 6) is 1.06. The van der Waals surface area contributed by atoms with Crippen molar-refractivity contribution < 1.29 is 30.0 Å². The van der Waals surface area contributed by atoms with Gasteiger partial charge in [0.1, 0.15) is 0 Å². The number of aliphatic hydroxyl groups is 1. The molecule has 0 aliphatic rings. The minimum atomic E-state index is 0. The first-order valence-electron chi connectivity index (χ1n) is 20.4. The van der Waals surface area contributed by atoms with Crippen LogP contribution in [-0.2, 0) is 31.3 Å². The topological polar surface area (TPSA) is 53.4 Å². The third-order valence-corrected chi connectivity index (χ3v) is 10.8. The van der Waals surface area contributed by atoms with E-state index in [9.17, 15) is 9.90 Å². The van der Waals surface area contributed by atoms with E-state index in [4.69, 9.17) is 4.98 Å². The Bertz CT molecular complexity index is 2380. The summed E-state index contributed by atoms with van der Waals surface area (Å²) in [6, 6.07) is 49.2. The van der Waals surface area contributed by atoms with Crippen molar-refractivity contribution in [2.45, 2.75) is 73.6 Å². The molecule has 6 aromatic carbocycles. The normalized spacial score (nSPS) is 11.6. The number of aliphatic hydroxyl groups excluding tert-OH is 1. The molecule has 7 rings (SSSR count). The van der Waals surface area contributed by atoms with Gasteiger partial charge in [-0.05, 0) is 112 Å². The Morgan fingerprint density at radius 1 is 0.649 bits per heavy atom. The average molecular weight is 932 g/mol. The fraction of sp³-hybridized carbons (Fsp3) is 0.269. The molecule has 0 unspecified atom stereocenters. The van der Waals surface area contributed by atoms with Gasteiger partial charge in [-0.25, -0.2) is 0 Å². The Labute approximate surface area is 353 Å². The number of benzene rings is 6. The van der Waals surface area contributed by atoms with E-state index in [2.05, 4.69) is 152 Å². The van der Waals surface area contributed by atoms with Crippen molar-refractivity contribution in [3.8, 4) is 11.3 Å². The number of para-hydroxylation sites is 2. The molecule has 1 N–H and O–H groups in total. The summed E-state index contributed by atoms with van der Waals surface area (Å²) in [4.78, 5) is 19.0. The Morgan fingerprint density at radius 3 is 1.81 bits per heavy atom. The van der Waals surface area contributed by atoms with Gasteiger partial charge in [-0.3, -0.25) is 4.79 Å². The quantitative estimate of drug-likeness (QED) is 0.0542. The van der Waals surface area contributed by atoms with Crippen LogP contribution in [0.2, 0.25) is 0 Å². The van der Waals surface area contributed by atoms with Crippen molar-refractivity contribution >= 4 is 55.2 Å². The first-order valence-corrected chi connectivity index (χ1v) is 20.4. The summed E-state index contributed by atoms with van der Waals surface area (Å²) in [6.07, 6.45) is 7.79. The minimum Gasteiger partial charge on any atom is -0.512 e. The van der Waals surface area contributed by atoms with E-state index in [0.29, 0.717) is 5.92 Å². The van der Waals surface area contributed by atoms with Crippen LogP contribution in [-0.4, -0.2) is 15.9 Å². The van der Waals surface area contributed by atoms with Crippen molar-refractivity contribution in [2.24, 2.45) is 17.8 Å². The van der Waals surface area contributed by atoms with Crippen molar-refractivity contribution in [1.29, 1.82) is 0 Å². The van der Waals surface area contributed by atoms with Crippen molar-refractivity contribution in [3.63, 3.8) is 0 Å². The second-order valence-electron chi connectivity index (χ2n) is 15.1. The minimum absolute atomic E-state index is 0. The molecule has 0 aliphatic carbocycles. The zero-order valence-corrected chi connectivity index (χ0v) is 36.5. The van der Waals surface area contributed by atoms with Gasteiger partial charge in [-0.2, -0.15) is 0 Å². The van der Waals surface area contributed by atoms with E-state index in [1.807, 2.05) is 33.9 Å². The molecule has 1 heterocycles. The van der Waals surface area contributed by atoms with Crippen molar-refractivity contribution in [2.75, 3.05) is 4.90 Å². The summed E-state index contributed by atoms with van der Waals surface area (Å²) in [6.45, 7) is 12.6. The molecule has 0 amide bonds. The zero-order valence-electron chi connectivity index (χ0n) is 34.1. The van der Waals surface area contributed by atoms with Crippen molar-refractivity contribution in [3.05, 3.63) is 157 Å². The molecule has 0 saturated carbocycles. The number of ketones is 1. The Hall–Kier alpha value is -5.09. The molecule has 5 heteroatoms. The number of carbonyl (C=O) groups excluding carboxylic acids is 1. The van der Waals surface area contributed by atoms with E-state index < -0.39 is 0 Å². The molecule has 0 bridgehead atoms. The molecule has 0 fully saturated rings. The fourth-order valence-corrected chi connectivity index (χ4v) is 7.77. The number of anilines is 3. The summed E-state index contributed by atoms with van der Waals surface area (Å²) in [7, 11) is 0. The van der Waals surface area contributed by atoms with Crippen LogP contribution >= 0.6 is 0 Å². The molecule has 57 heavy (non-hydrogen) atoms. The molecular formula is C52H55IrN2O2-. The van der Waals surface area contributed by atoms with E-state index in [1.165, 1.54) is 38.6 Å². The van der Waals surface area contributed by atoms with Gasteiger partial charge in [0, 0.05) is 55.6 Å². The third kappa shape index (κ3) is 10.1. The number of nitrogens with zero attached hydrogens (tertiary/aromatic N) is 2. The summed E-state index contributed by atoms with van der Waals surface area (Å²) < 4.78 is 0. The number of carbonyl (C=O) groups is 1. The SMILES string of the molecule is CC(C)Cc1[c-]c(-c2nccc3c2ccc2c4ccccc4ccc32)cc(N(c2ccccc2)c2ccccc2)c1.CCC(CC)C(=O)/C=C(\O)C(CC)CC.[Ir]. The van der Waals surface area contributed by atoms with Crippen LogP contribution in [0.25, 0.3) is 43.6 Å². The summed E-state index contributed by atoms with van der Waals surface area (Å²) in [5, 5.41) is 17.2. The predicted molar refractivity (Wildman–Crippen MR) is 238 cm³/mol. The molecular weight excluding hydrogens is 877 g/mol. The number of fused-ring (bicyclic) bond motifs is 5. The van der Waals surface area contributed by atoms with Crippen LogP contribution in [0, 0.1) is 23.8 Å². The number of hydrogen-bond acceptors (Lipinski definition) is 4. The number of rotatable bonds is 13. The standard InChI is InChI=1S/C39H31N2.C13H24O2.Ir/c1-27(2)23-28-24-30(26-33(25-28)41(31-12-5-3-6-13-31)32-14-7-4-8-15-32)39-38-20-19-35-34-16-10-9-11-29(34)17-18-36(35)37(38)21-22-40-39;1-5-10(6-2)12(14)9-13(15)11(7-3)8-4;/h3-22,25-27H,23H2,1-2H3;9-11,14H,5-8H2,1-4H3;/q-1;;/b;12-9-;. The molecule has 0 saturated heterocycles. The van der Waals surface area contributed by atoms with E-state index >= 15 is 0 Å². The zero-order chi connectivity index (χ0) is 39.6. The first kappa shape index (κ1) is 43.0. The maximum Gasteiger partial charge on any atom is 0.162 e. The van der Waals surface area contributed by atoms with Crippen LogP contribution in [0.4, 0.5) is 17.1 Å². The van der Waals surface area contributed by atoms with Gasteiger partial charge in [-0.1, -0.05) is 126 Å². The molecule has 295 valence electrons. The van der Waals surface area contributed by atoms with Gasteiger partial charge in [0.05, 0.1) is 5.76 Å². The number of allylic oxidation sites excluding steroid dienone is 2. The van der Waals surface area contributed by atoms with E-state index in [0.717, 1.165) is 65.8 Å². The first-order chi connectivity index (χ1) is 27.3. The maximum absolute atomic E-state index is 11.7. The number of pyridine rings is 1. The van der Waals surface area contributed by atoms with Gasteiger partial charge >= 0.3 is 0 Å². The van der Waals surface area contributed by atoms with Crippen LogP contribution in [0.3, 0.4) is 0 Å². The Morgan fingerprint density at radius 2 is 1.19 bits per heavy atom. The molecule has 1 radical (unpaired) electrons. The van der Waals surface area contributed by atoms with E-state index in [-0.39, 0.29) is 43.5 Å². The number of hydrogen-bond donors (Lipinski definition) is 1. The second-order valence-corrected chi connectivity index (χ2v) is 15.1. The summed E-state index contributed by atoms with van der Waals surface area (Å²) >= 11 is 0. The van der Waals surface area contributed by atoms with Crippen LogP contribution in [0.1, 0.15) is 72.8 Å². The summed E-state index contributed by atoms with van der Waals surface area (Å²) in [5.41, 5.74) is 6.52. The van der Waals surface area contributed by atoms with Crippen molar-refractivity contribution in [1.82, 2.24) is 4.98 Å². The van der Waals surface area contributed by atoms with Crippen LogP contribution < -0.4 is 4.90 Å². The smallest absolute Gasteiger partial charge is 0.162 e. The monoisotopic (exact) mass is 932 g/mol. The van der Waals surface area contributed by atoms with Crippen LogP contribution in [0.15, 0.2) is 145 Å². The maximum atomic E-state index is 11.7. The van der Waals surface area contributed by atoms with Gasteiger partial charge in [0.15, 0.2) is 5.78 Å². The van der Waals surface area contributed by atoms with Gasteiger partial charge in [0.25, 0.3) is 0 Å². The Kier molecular flexibility index (Phi) is 15.4. The average Bonchev–Trinajstić information content (AvgIpc) is 3.22. The van der Waals surface area contributed by atoms with Gasteiger partial charge < -0.3 is 15.0 Å². The largest absolute Gasteiger partial charge is 0.512 e. The Balaban J connectivity index is 0.000000333. The van der Waals surface area contributed by atoms with E-state index in [1.54, 1.807) is 0 Å². The molecule has 4 nitrogen and oxygen atoms in total. The predicted octanol–water partition coefficient (Wildman–Crippen LogP) is 14.5. The molecule has 0 spiro atoms. The van der Waals surface area contributed by atoms with Gasteiger partial charge in [0.2, 0.25) is 0 Å². The molecule has 0 atom stereocenters. The van der Waals surface area contributed by atoms with Gasteiger partial charge in [-0.15, -0.1) is 29.3 Å². The fourth-order valence-electron chi connectivity index (χ4n) is 7.77. The molecule has 7 aromatic rings. The molecule has 0 aliphatic heterocycles. The third-order valence-electron chi connectivity index (χ3n) is 10.8. The molecule has 1 aromatic heterocycles. The number of aromatic nitrogens is 1. The van der Waals surface area contributed by atoms with Crippen LogP contribution in [0.5, 0.6) is 0 Å².